The number of hydrogen-bond acceptors (Lipinski definition) is 8. The predicted molar refractivity (Wildman–Crippen MR) is 151 cm³/mol. The van der Waals surface area contributed by atoms with Crippen LogP contribution >= 0.6 is 11.3 Å². The molecular formula is C28H28FN5O3S2. The van der Waals surface area contributed by atoms with Crippen molar-refractivity contribution in [3.05, 3.63) is 76.7 Å². The Morgan fingerprint density at radius 1 is 1.18 bits per heavy atom. The van der Waals surface area contributed by atoms with Crippen molar-refractivity contribution in [1.82, 2.24) is 14.9 Å². The molecule has 202 valence electrons. The molecule has 0 saturated carbocycles. The quantitative estimate of drug-likeness (QED) is 0.344. The Kier molecular flexibility index (Phi) is 7.28. The molecule has 1 amide bonds. The monoisotopic (exact) mass is 565 g/mol. The van der Waals surface area contributed by atoms with Gasteiger partial charge in [0.15, 0.2) is 4.90 Å². The Morgan fingerprint density at radius 3 is 2.82 bits per heavy atom. The number of alkyl halides is 1. The number of aryl methyl sites for hydroxylation is 1. The first kappa shape index (κ1) is 25.8. The molecule has 4 heterocycles. The summed E-state index contributed by atoms with van der Waals surface area (Å²) in [6.45, 7) is 3.32. The lowest BCUT2D eigenvalue weighted by Crippen LogP contribution is -2.33. The van der Waals surface area contributed by atoms with Crippen LogP contribution in [0, 0.1) is 6.92 Å². The number of hydrogen-bond donors (Lipinski definition) is 1. The number of aromatic nitrogens is 2. The van der Waals surface area contributed by atoms with Crippen molar-refractivity contribution in [3.8, 4) is 0 Å². The number of halogens is 1. The first-order valence-electron chi connectivity index (χ1n) is 12.8. The van der Waals surface area contributed by atoms with E-state index in [9.17, 15) is 9.35 Å². The fourth-order valence-corrected chi connectivity index (χ4v) is 7.09. The smallest absolute Gasteiger partial charge is 0.410 e. The van der Waals surface area contributed by atoms with Crippen LogP contribution in [0.2, 0.25) is 0 Å². The molecule has 1 unspecified atom stereocenters. The summed E-state index contributed by atoms with van der Waals surface area (Å²) in [5.74, 6) is 1.52. The van der Waals surface area contributed by atoms with Crippen LogP contribution in [-0.4, -0.2) is 63.1 Å². The highest BCUT2D eigenvalue weighted by Gasteiger charge is 2.37. The average molecular weight is 566 g/mol. The number of nitrogens with zero attached hydrogens (tertiary/aromatic N) is 4. The van der Waals surface area contributed by atoms with Gasteiger partial charge in [0, 0.05) is 17.0 Å². The molecule has 2 aliphatic heterocycles. The fourth-order valence-electron chi connectivity index (χ4n) is 4.93. The molecule has 39 heavy (non-hydrogen) atoms. The van der Waals surface area contributed by atoms with Crippen LogP contribution in [0.1, 0.15) is 16.0 Å². The van der Waals surface area contributed by atoms with Crippen molar-refractivity contribution in [1.29, 1.82) is 0 Å². The maximum absolute atomic E-state index is 15.2. The second kappa shape index (κ2) is 11.0. The summed E-state index contributed by atoms with van der Waals surface area (Å²) in [6, 6.07) is 18.5. The van der Waals surface area contributed by atoms with Gasteiger partial charge < -0.3 is 24.4 Å². The Hall–Kier alpha value is -3.41. The SMILES string of the molecule is Cc1cc2nc(N3CC[S+]([O-])c4ccccc4C3)nc(N[C@@H]3CN(C(=O)OCc4ccccc4)C[C@H]3F)c2s1. The normalized spacial score (nSPS) is 21.1. The highest BCUT2D eigenvalue weighted by Crippen LogP contribution is 2.34. The van der Waals surface area contributed by atoms with Crippen molar-refractivity contribution in [2.45, 2.75) is 37.2 Å². The lowest BCUT2D eigenvalue weighted by atomic mass is 10.2. The largest absolute Gasteiger partial charge is 0.611 e. The molecule has 0 bridgehead atoms. The molecule has 4 aromatic rings. The number of carbonyl (C=O) groups is 1. The summed E-state index contributed by atoms with van der Waals surface area (Å²) in [6.07, 6.45) is -1.82. The third kappa shape index (κ3) is 5.52. The maximum Gasteiger partial charge on any atom is 0.410 e. The number of anilines is 2. The highest BCUT2D eigenvalue weighted by molar-refractivity contribution is 7.91. The molecule has 3 atom stereocenters. The van der Waals surface area contributed by atoms with Gasteiger partial charge in [0.25, 0.3) is 0 Å². The van der Waals surface area contributed by atoms with Crippen molar-refractivity contribution in [2.24, 2.45) is 0 Å². The Bertz CT molecular complexity index is 1490. The molecular weight excluding hydrogens is 537 g/mol. The number of thiophene rings is 1. The van der Waals surface area contributed by atoms with Gasteiger partial charge in [-0.05, 0) is 35.8 Å². The molecule has 0 spiro atoms. The van der Waals surface area contributed by atoms with Gasteiger partial charge in [0.1, 0.15) is 24.3 Å². The van der Waals surface area contributed by atoms with E-state index in [0.29, 0.717) is 30.6 Å². The van der Waals surface area contributed by atoms with Crippen LogP contribution in [0.15, 0.2) is 65.6 Å². The van der Waals surface area contributed by atoms with Crippen LogP contribution in [0.4, 0.5) is 21.0 Å². The second-order valence-corrected chi connectivity index (χ2v) is 12.5. The summed E-state index contributed by atoms with van der Waals surface area (Å²) < 4.78 is 34.2. The van der Waals surface area contributed by atoms with Crippen molar-refractivity contribution >= 4 is 50.6 Å². The summed E-state index contributed by atoms with van der Waals surface area (Å²) in [5.41, 5.74) is 2.63. The number of benzene rings is 2. The third-order valence-electron chi connectivity index (χ3n) is 6.93. The topological polar surface area (TPSA) is 93.6 Å². The number of ether oxygens (including phenoxy) is 1. The number of carbonyl (C=O) groups excluding carboxylic acids is 1. The van der Waals surface area contributed by atoms with E-state index >= 15 is 4.39 Å². The molecule has 2 aromatic heterocycles. The van der Waals surface area contributed by atoms with E-state index in [1.165, 1.54) is 4.90 Å². The van der Waals surface area contributed by atoms with Gasteiger partial charge in [0.2, 0.25) is 5.95 Å². The molecule has 1 N–H and O–H groups in total. The van der Waals surface area contributed by atoms with Crippen molar-refractivity contribution in [2.75, 3.05) is 35.6 Å². The average Bonchev–Trinajstić information content (AvgIpc) is 3.46. The molecule has 11 heteroatoms. The summed E-state index contributed by atoms with van der Waals surface area (Å²) >= 11 is 0.446. The van der Waals surface area contributed by atoms with Crippen LogP contribution in [-0.2, 0) is 29.1 Å². The molecule has 1 saturated heterocycles. The van der Waals surface area contributed by atoms with Crippen molar-refractivity contribution < 1.29 is 18.5 Å². The number of nitrogens with one attached hydrogen (secondary N) is 1. The summed E-state index contributed by atoms with van der Waals surface area (Å²) in [7, 11) is 0. The Labute approximate surface area is 233 Å². The fraction of sp³-hybridized carbons (Fsp3) is 0.321. The number of rotatable bonds is 5. The number of fused-ring (bicyclic) bond motifs is 2. The molecule has 2 aromatic carbocycles. The summed E-state index contributed by atoms with van der Waals surface area (Å²) in [4.78, 5) is 27.6. The zero-order valence-corrected chi connectivity index (χ0v) is 23.0. The van der Waals surface area contributed by atoms with E-state index in [2.05, 4.69) is 5.32 Å². The van der Waals surface area contributed by atoms with E-state index in [0.717, 1.165) is 31.1 Å². The van der Waals surface area contributed by atoms with Crippen LogP contribution in [0.25, 0.3) is 10.2 Å². The Morgan fingerprint density at radius 2 is 1.97 bits per heavy atom. The third-order valence-corrected chi connectivity index (χ3v) is 9.41. The highest BCUT2D eigenvalue weighted by atomic mass is 32.2. The standard InChI is InChI=1S/C28H28FN5O3S2/c1-18-13-22-25(38-18)26(32-27(31-22)33-11-12-39(36)24-10-6-5-9-20(24)14-33)30-23-16-34(15-21(23)29)28(35)37-17-19-7-3-2-4-8-19/h2-10,13,21,23H,11-12,14-17H2,1H3,(H,30,31,32)/t21-,23-,39?/m1/s1. The van der Waals surface area contributed by atoms with E-state index in [-0.39, 0.29) is 19.7 Å². The van der Waals surface area contributed by atoms with Crippen molar-refractivity contribution in [3.63, 3.8) is 0 Å². The van der Waals surface area contributed by atoms with Gasteiger partial charge >= 0.3 is 6.09 Å². The second-order valence-electron chi connectivity index (χ2n) is 9.73. The van der Waals surface area contributed by atoms with Gasteiger partial charge in [-0.3, -0.25) is 0 Å². The van der Waals surface area contributed by atoms with E-state index in [4.69, 9.17) is 14.7 Å². The van der Waals surface area contributed by atoms with Gasteiger partial charge in [-0.25, -0.2) is 14.2 Å². The molecule has 1 fully saturated rings. The lowest BCUT2D eigenvalue weighted by Gasteiger charge is -2.22. The zero-order valence-electron chi connectivity index (χ0n) is 21.4. The first-order chi connectivity index (χ1) is 18.9. The van der Waals surface area contributed by atoms with Gasteiger partial charge in [-0.1, -0.05) is 48.5 Å². The Balaban J connectivity index is 1.21. The van der Waals surface area contributed by atoms with Crippen LogP contribution in [0.3, 0.4) is 0 Å². The van der Waals surface area contributed by atoms with E-state index in [1.807, 2.05) is 72.5 Å². The molecule has 2 aliphatic rings. The van der Waals surface area contributed by atoms with Gasteiger partial charge in [-0.15, -0.1) is 11.3 Å². The minimum atomic E-state index is -1.28. The zero-order chi connectivity index (χ0) is 26.9. The maximum atomic E-state index is 15.2. The lowest BCUT2D eigenvalue weighted by molar-refractivity contribution is 0.102. The van der Waals surface area contributed by atoms with E-state index in [1.54, 1.807) is 11.3 Å². The number of amides is 1. The first-order valence-corrected chi connectivity index (χ1v) is 14.9. The molecule has 0 radical (unpaired) electrons. The van der Waals surface area contributed by atoms with E-state index < -0.39 is 29.5 Å². The molecule has 8 nitrogen and oxygen atoms in total. The van der Waals surface area contributed by atoms with Crippen LogP contribution in [0.5, 0.6) is 0 Å². The molecule has 6 rings (SSSR count). The minimum Gasteiger partial charge on any atom is -0.611 e. The van der Waals surface area contributed by atoms with Gasteiger partial charge in [-0.2, -0.15) is 4.98 Å². The number of likely N-dealkylation sites (tertiary alicyclic amines) is 1. The molecule has 0 aliphatic carbocycles. The summed E-state index contributed by atoms with van der Waals surface area (Å²) in [5, 5.41) is 3.28. The van der Waals surface area contributed by atoms with Crippen LogP contribution < -0.4 is 10.2 Å². The minimum absolute atomic E-state index is 0.0510. The predicted octanol–water partition coefficient (Wildman–Crippen LogP) is 4.90. The van der Waals surface area contributed by atoms with Gasteiger partial charge in [0.05, 0.1) is 35.9 Å².